The molecule has 0 radical (unpaired) electrons. The van der Waals surface area contributed by atoms with Gasteiger partial charge in [-0.05, 0) is 83.6 Å². The van der Waals surface area contributed by atoms with Gasteiger partial charge in [0.25, 0.3) is 0 Å². The zero-order valence-corrected chi connectivity index (χ0v) is 25.6. The number of amides is 1. The molecule has 4 aromatic rings. The number of likely N-dealkylation sites (tertiary alicyclic amines) is 1. The lowest BCUT2D eigenvalue weighted by molar-refractivity contribution is -0.135. The fourth-order valence-corrected chi connectivity index (χ4v) is 6.41. The molecular weight excluding hydrogens is 612 g/mol. The second-order valence-electron chi connectivity index (χ2n) is 10.3. The Bertz CT molecular complexity index is 1590. The zero-order chi connectivity index (χ0) is 29.7. The van der Waals surface area contributed by atoms with Crippen LogP contribution < -0.4 is 5.32 Å². The molecule has 0 aromatic heterocycles. The minimum Gasteiger partial charge on any atom is -0.360 e. The van der Waals surface area contributed by atoms with Crippen molar-refractivity contribution >= 4 is 58.0 Å². The van der Waals surface area contributed by atoms with Crippen LogP contribution in [0, 0.1) is 11.3 Å². The number of halogens is 4. The number of nitrogens with one attached hydrogen (secondary N) is 1. The van der Waals surface area contributed by atoms with E-state index < -0.39 is 5.60 Å². The summed E-state index contributed by atoms with van der Waals surface area (Å²) in [5.41, 5.74) is 4.45. The molecule has 42 heavy (non-hydrogen) atoms. The summed E-state index contributed by atoms with van der Waals surface area (Å²) in [5, 5.41) is 14.2. The van der Waals surface area contributed by atoms with Gasteiger partial charge in [-0.3, -0.25) is 9.69 Å². The molecule has 1 heterocycles. The number of nitriles is 1. The molecule has 0 atom stereocenters. The summed E-state index contributed by atoms with van der Waals surface area (Å²) in [6, 6.07) is 28.3. The highest BCUT2D eigenvalue weighted by Crippen LogP contribution is 2.38. The molecule has 0 aliphatic carbocycles. The van der Waals surface area contributed by atoms with Crippen LogP contribution in [0.2, 0.25) is 20.1 Å². The Labute approximate surface area is 265 Å². The molecule has 5 rings (SSSR count). The largest absolute Gasteiger partial charge is 0.360 e. The van der Waals surface area contributed by atoms with Crippen LogP contribution in [0.4, 0.5) is 5.69 Å². The van der Waals surface area contributed by atoms with Gasteiger partial charge in [0.1, 0.15) is 6.61 Å². The Balaban J connectivity index is 1.34. The third-order valence-electron chi connectivity index (χ3n) is 7.35. The van der Waals surface area contributed by atoms with Crippen LogP contribution in [0.1, 0.15) is 29.5 Å². The Morgan fingerprint density at radius 3 is 2.07 bits per heavy atom. The Kier molecular flexibility index (Phi) is 9.75. The molecule has 5 nitrogen and oxygen atoms in total. The van der Waals surface area contributed by atoms with Crippen LogP contribution in [0.3, 0.4) is 0 Å². The molecular formula is C33H27Cl4N3O2. The van der Waals surface area contributed by atoms with Gasteiger partial charge < -0.3 is 10.1 Å². The second-order valence-corrected chi connectivity index (χ2v) is 12.1. The number of hydrogen-bond donors (Lipinski definition) is 1. The molecule has 214 valence electrons. The van der Waals surface area contributed by atoms with E-state index in [0.717, 1.165) is 35.3 Å². The maximum atomic E-state index is 12.9. The van der Waals surface area contributed by atoms with Crippen LogP contribution in [0.25, 0.3) is 11.1 Å². The minimum absolute atomic E-state index is 0.139. The van der Waals surface area contributed by atoms with Gasteiger partial charge in [0.05, 0.1) is 17.2 Å². The molecule has 1 N–H and O–H groups in total. The molecule has 0 unspecified atom stereocenters. The molecule has 0 saturated carbocycles. The van der Waals surface area contributed by atoms with Gasteiger partial charge in [-0.25, -0.2) is 0 Å². The van der Waals surface area contributed by atoms with Crippen LogP contribution in [-0.4, -0.2) is 30.5 Å². The van der Waals surface area contributed by atoms with Crippen molar-refractivity contribution in [2.24, 2.45) is 0 Å². The van der Waals surface area contributed by atoms with Crippen LogP contribution >= 0.6 is 46.4 Å². The first kappa shape index (κ1) is 30.4. The molecule has 0 bridgehead atoms. The Hall–Kier alpha value is -3.08. The number of ether oxygens (including phenoxy) is 1. The van der Waals surface area contributed by atoms with Crippen molar-refractivity contribution in [3.63, 3.8) is 0 Å². The van der Waals surface area contributed by atoms with Crippen LogP contribution in [0.15, 0.2) is 84.9 Å². The highest BCUT2D eigenvalue weighted by Gasteiger charge is 2.38. The molecule has 1 saturated heterocycles. The predicted molar refractivity (Wildman–Crippen MR) is 170 cm³/mol. The van der Waals surface area contributed by atoms with Gasteiger partial charge in [-0.15, -0.1) is 0 Å². The highest BCUT2D eigenvalue weighted by molar-refractivity contribution is 6.35. The summed E-state index contributed by atoms with van der Waals surface area (Å²) < 4.78 is 6.48. The molecule has 1 aliphatic heterocycles. The zero-order valence-electron chi connectivity index (χ0n) is 22.5. The lowest BCUT2D eigenvalue weighted by Crippen LogP contribution is -2.45. The van der Waals surface area contributed by atoms with E-state index in [1.807, 2.05) is 42.5 Å². The summed E-state index contributed by atoms with van der Waals surface area (Å²) >= 11 is 24.6. The van der Waals surface area contributed by atoms with E-state index in [1.54, 1.807) is 30.3 Å². The number of rotatable bonds is 8. The molecule has 0 spiro atoms. The third-order valence-corrected chi connectivity index (χ3v) is 8.23. The quantitative estimate of drug-likeness (QED) is 0.209. The van der Waals surface area contributed by atoms with Gasteiger partial charge in [0.2, 0.25) is 5.91 Å². The van der Waals surface area contributed by atoms with Crippen molar-refractivity contribution in [2.45, 2.75) is 25.0 Å². The first-order valence-electron chi connectivity index (χ1n) is 13.4. The predicted octanol–water partition coefficient (Wildman–Crippen LogP) is 8.99. The number of piperidine rings is 1. The number of carbonyl (C=O) groups excluding carboxylic acids is 1. The van der Waals surface area contributed by atoms with E-state index in [2.05, 4.69) is 28.4 Å². The van der Waals surface area contributed by atoms with Crippen molar-refractivity contribution < 1.29 is 9.53 Å². The fraction of sp³-hybridized carbons (Fsp3) is 0.212. The molecule has 1 aliphatic rings. The number of benzene rings is 4. The molecule has 4 aromatic carbocycles. The number of anilines is 1. The highest BCUT2D eigenvalue weighted by atomic mass is 35.5. The lowest BCUT2D eigenvalue weighted by atomic mass is 9.83. The summed E-state index contributed by atoms with van der Waals surface area (Å²) in [7, 11) is 0. The van der Waals surface area contributed by atoms with Crippen LogP contribution in [0.5, 0.6) is 0 Å². The fourth-order valence-electron chi connectivity index (χ4n) is 5.31. The number of hydrogen-bond acceptors (Lipinski definition) is 4. The monoisotopic (exact) mass is 637 g/mol. The van der Waals surface area contributed by atoms with E-state index in [1.165, 1.54) is 0 Å². The maximum absolute atomic E-state index is 12.9. The van der Waals surface area contributed by atoms with Gasteiger partial charge in [0, 0.05) is 45.4 Å². The van der Waals surface area contributed by atoms with E-state index in [4.69, 9.17) is 51.1 Å². The van der Waals surface area contributed by atoms with Crippen molar-refractivity contribution in [3.8, 4) is 17.2 Å². The van der Waals surface area contributed by atoms with Gasteiger partial charge in [-0.2, -0.15) is 5.26 Å². The second kappa shape index (κ2) is 13.5. The van der Waals surface area contributed by atoms with Crippen molar-refractivity contribution in [1.29, 1.82) is 5.26 Å². The van der Waals surface area contributed by atoms with E-state index in [9.17, 15) is 10.1 Å². The van der Waals surface area contributed by atoms with Gasteiger partial charge >= 0.3 is 0 Å². The Morgan fingerprint density at radius 1 is 0.833 bits per heavy atom. The van der Waals surface area contributed by atoms with Crippen molar-refractivity contribution in [1.82, 2.24) is 4.90 Å². The first-order valence-corrected chi connectivity index (χ1v) is 14.9. The smallest absolute Gasteiger partial charge is 0.250 e. The summed E-state index contributed by atoms with van der Waals surface area (Å²) in [6.45, 7) is 2.07. The minimum atomic E-state index is -0.668. The van der Waals surface area contributed by atoms with Crippen molar-refractivity contribution in [3.05, 3.63) is 122 Å². The molecule has 1 fully saturated rings. The van der Waals surface area contributed by atoms with Crippen LogP contribution in [-0.2, 0) is 21.7 Å². The standard InChI is InChI=1S/C33H27Cl4N3O2/c34-27-13-23(14-28(35)15-27)20-40-10-8-33(9-11-40,42-21-32(41)39-31-17-29(36)16-30(37)18-31)26-6-4-24(5-7-26)25-3-1-2-22(12-25)19-38/h1-7,12-18H,8-11,20-21H2,(H,39,41). The summed E-state index contributed by atoms with van der Waals surface area (Å²) in [4.78, 5) is 15.3. The average molecular weight is 639 g/mol. The molecule has 1 amide bonds. The van der Waals surface area contributed by atoms with Crippen molar-refractivity contribution in [2.75, 3.05) is 25.0 Å². The average Bonchev–Trinajstić information content (AvgIpc) is 2.96. The summed E-state index contributed by atoms with van der Waals surface area (Å²) in [5.74, 6) is -0.298. The summed E-state index contributed by atoms with van der Waals surface area (Å²) in [6.07, 6.45) is 1.36. The maximum Gasteiger partial charge on any atom is 0.250 e. The first-order chi connectivity index (χ1) is 20.2. The third kappa shape index (κ3) is 7.65. The SMILES string of the molecule is N#Cc1cccc(-c2ccc(C3(OCC(=O)Nc4cc(Cl)cc(Cl)c4)CCN(Cc4cc(Cl)cc(Cl)c4)CC3)cc2)c1. The lowest BCUT2D eigenvalue weighted by Gasteiger charge is -2.42. The normalized spacial score (nSPS) is 14.7. The number of nitrogens with zero attached hydrogens (tertiary/aromatic N) is 2. The number of carbonyl (C=O) groups is 1. The topological polar surface area (TPSA) is 65.4 Å². The van der Waals surface area contributed by atoms with E-state index in [-0.39, 0.29) is 12.5 Å². The van der Waals surface area contributed by atoms with E-state index in [0.29, 0.717) is 50.7 Å². The van der Waals surface area contributed by atoms with Gasteiger partial charge in [-0.1, -0.05) is 82.8 Å². The van der Waals surface area contributed by atoms with E-state index >= 15 is 0 Å². The molecule has 9 heteroatoms. The Morgan fingerprint density at radius 2 is 1.45 bits per heavy atom. The van der Waals surface area contributed by atoms with Gasteiger partial charge in [0.15, 0.2) is 0 Å².